The van der Waals surface area contributed by atoms with Crippen molar-refractivity contribution < 1.29 is 22.7 Å². The molecule has 2 aromatic rings. The molecule has 1 aromatic carbocycles. The van der Waals surface area contributed by atoms with Crippen molar-refractivity contribution in [3.63, 3.8) is 0 Å². The Morgan fingerprint density at radius 1 is 1.21 bits per heavy atom. The Bertz CT molecular complexity index is 1060. The Morgan fingerprint density at radius 3 is 2.83 bits per heavy atom. The number of carbonyl (C=O) groups is 1. The highest BCUT2D eigenvalue weighted by Gasteiger charge is 2.32. The maximum atomic E-state index is 12.8. The van der Waals surface area contributed by atoms with Gasteiger partial charge in [-0.15, -0.1) is 11.3 Å². The minimum Gasteiger partial charge on any atom is -0.454 e. The second kappa shape index (κ2) is 7.30. The third-order valence-corrected chi connectivity index (χ3v) is 8.89. The number of hydrogen-bond donors (Lipinski definition) is 1. The van der Waals surface area contributed by atoms with Crippen LogP contribution < -0.4 is 14.2 Å². The van der Waals surface area contributed by atoms with Crippen LogP contribution in [0.4, 0.5) is 0 Å². The van der Waals surface area contributed by atoms with Gasteiger partial charge >= 0.3 is 0 Å². The molecule has 0 unspecified atom stereocenters. The standard InChI is InChI=1S/C20H22N2O5S2/c23-20(14-2-1-3-14)22-7-6-18-15(11-22)9-19(28-18)29(24,25)21-10-13-4-5-16-17(8-13)27-12-26-16/h4-5,8-9,14,21H,1-3,6-7,10-12H2. The molecular weight excluding hydrogens is 412 g/mol. The number of ether oxygens (including phenoxy) is 2. The quantitative estimate of drug-likeness (QED) is 0.782. The monoisotopic (exact) mass is 434 g/mol. The lowest BCUT2D eigenvalue weighted by Crippen LogP contribution is -2.41. The van der Waals surface area contributed by atoms with Gasteiger partial charge in [-0.05, 0) is 48.6 Å². The maximum absolute atomic E-state index is 12.8. The number of sulfonamides is 1. The van der Waals surface area contributed by atoms with Crippen LogP contribution in [0.25, 0.3) is 0 Å². The van der Waals surface area contributed by atoms with Gasteiger partial charge < -0.3 is 14.4 Å². The first-order valence-corrected chi connectivity index (χ1v) is 12.1. The molecule has 0 radical (unpaired) electrons. The topological polar surface area (TPSA) is 84.9 Å². The summed E-state index contributed by atoms with van der Waals surface area (Å²) in [5.41, 5.74) is 1.76. The van der Waals surface area contributed by atoms with Gasteiger partial charge in [-0.1, -0.05) is 12.5 Å². The molecule has 9 heteroatoms. The molecule has 29 heavy (non-hydrogen) atoms. The Labute approximate surface area is 173 Å². The van der Waals surface area contributed by atoms with Gasteiger partial charge in [0.05, 0.1) is 0 Å². The zero-order valence-corrected chi connectivity index (χ0v) is 17.5. The average molecular weight is 435 g/mol. The number of rotatable bonds is 5. The minimum absolute atomic E-state index is 0.168. The number of hydrogen-bond acceptors (Lipinski definition) is 6. The summed E-state index contributed by atoms with van der Waals surface area (Å²) in [5.74, 6) is 1.69. The van der Waals surface area contributed by atoms with E-state index in [1.54, 1.807) is 18.2 Å². The molecule has 154 valence electrons. The molecule has 1 aliphatic carbocycles. The Kier molecular flexibility index (Phi) is 4.76. The first-order valence-electron chi connectivity index (χ1n) is 9.78. The number of nitrogens with zero attached hydrogens (tertiary/aromatic N) is 1. The summed E-state index contributed by atoms with van der Waals surface area (Å²) >= 11 is 1.31. The fourth-order valence-corrected chi connectivity index (χ4v) is 6.45. The third kappa shape index (κ3) is 3.62. The molecule has 2 aliphatic heterocycles. The molecule has 0 spiro atoms. The van der Waals surface area contributed by atoms with Crippen LogP contribution >= 0.6 is 11.3 Å². The summed E-state index contributed by atoms with van der Waals surface area (Å²) in [7, 11) is -3.62. The van der Waals surface area contributed by atoms with Crippen molar-refractivity contribution in [1.29, 1.82) is 0 Å². The summed E-state index contributed by atoms with van der Waals surface area (Å²) < 4.78 is 39.2. The van der Waals surface area contributed by atoms with E-state index >= 15 is 0 Å². The van der Waals surface area contributed by atoms with Gasteiger partial charge in [0.15, 0.2) is 11.5 Å². The van der Waals surface area contributed by atoms with Gasteiger partial charge in [0, 0.05) is 30.4 Å². The van der Waals surface area contributed by atoms with Crippen LogP contribution in [0, 0.1) is 5.92 Å². The van der Waals surface area contributed by atoms with E-state index in [4.69, 9.17) is 9.47 Å². The molecule has 0 atom stereocenters. The number of carbonyl (C=O) groups excluding carboxylic acids is 1. The Balaban J connectivity index is 1.27. The number of nitrogens with one attached hydrogen (secondary N) is 1. The van der Waals surface area contributed by atoms with Gasteiger partial charge in [-0.25, -0.2) is 13.1 Å². The van der Waals surface area contributed by atoms with Crippen molar-refractivity contribution in [2.45, 2.75) is 43.0 Å². The highest BCUT2D eigenvalue weighted by atomic mass is 32.2. The largest absolute Gasteiger partial charge is 0.454 e. The second-order valence-electron chi connectivity index (χ2n) is 7.66. The van der Waals surface area contributed by atoms with Crippen LogP contribution in [0.3, 0.4) is 0 Å². The molecule has 3 aliphatic rings. The van der Waals surface area contributed by atoms with Crippen LogP contribution in [0.2, 0.25) is 0 Å². The van der Waals surface area contributed by atoms with Gasteiger partial charge in [-0.3, -0.25) is 4.79 Å². The normalized spacial score (nSPS) is 18.4. The highest BCUT2D eigenvalue weighted by Crippen LogP contribution is 2.35. The lowest BCUT2D eigenvalue weighted by Gasteiger charge is -2.33. The molecule has 3 heterocycles. The number of thiophene rings is 1. The molecule has 1 fully saturated rings. The van der Waals surface area contributed by atoms with Gasteiger partial charge in [-0.2, -0.15) is 0 Å². The summed E-state index contributed by atoms with van der Waals surface area (Å²) in [4.78, 5) is 15.5. The van der Waals surface area contributed by atoms with Crippen LogP contribution in [0.5, 0.6) is 11.5 Å². The van der Waals surface area contributed by atoms with Crippen molar-refractivity contribution in [3.8, 4) is 11.5 Å². The van der Waals surface area contributed by atoms with E-state index in [1.165, 1.54) is 11.3 Å². The molecule has 1 amide bonds. The summed E-state index contributed by atoms with van der Waals surface area (Å²) in [5, 5.41) is 0. The van der Waals surface area contributed by atoms with E-state index < -0.39 is 10.0 Å². The average Bonchev–Trinajstić information content (AvgIpc) is 3.31. The maximum Gasteiger partial charge on any atom is 0.250 e. The fraction of sp³-hybridized carbons (Fsp3) is 0.450. The molecule has 1 aromatic heterocycles. The lowest BCUT2D eigenvalue weighted by atomic mass is 9.84. The molecule has 1 saturated carbocycles. The third-order valence-electron chi connectivity index (χ3n) is 5.78. The van der Waals surface area contributed by atoms with E-state index in [2.05, 4.69) is 4.72 Å². The van der Waals surface area contributed by atoms with Crippen molar-refractivity contribution in [1.82, 2.24) is 9.62 Å². The first-order chi connectivity index (χ1) is 14.0. The molecular formula is C20H22N2O5S2. The first kappa shape index (κ1) is 18.9. The second-order valence-corrected chi connectivity index (χ2v) is 10.8. The van der Waals surface area contributed by atoms with E-state index in [0.29, 0.717) is 28.8 Å². The van der Waals surface area contributed by atoms with Crippen LogP contribution in [0.15, 0.2) is 28.5 Å². The minimum atomic E-state index is -3.62. The number of amides is 1. The van der Waals surface area contributed by atoms with Crippen molar-refractivity contribution in [2.24, 2.45) is 5.92 Å². The zero-order valence-electron chi connectivity index (χ0n) is 15.8. The fourth-order valence-electron chi connectivity index (χ4n) is 3.84. The van der Waals surface area contributed by atoms with Crippen LogP contribution in [0.1, 0.15) is 35.3 Å². The van der Waals surface area contributed by atoms with E-state index in [9.17, 15) is 13.2 Å². The van der Waals surface area contributed by atoms with Gasteiger partial charge in [0.25, 0.3) is 0 Å². The predicted octanol–water partition coefficient (Wildman–Crippen LogP) is 2.64. The van der Waals surface area contributed by atoms with Crippen molar-refractivity contribution in [2.75, 3.05) is 13.3 Å². The summed E-state index contributed by atoms with van der Waals surface area (Å²) in [6, 6.07) is 7.11. The van der Waals surface area contributed by atoms with Crippen LogP contribution in [-0.4, -0.2) is 32.6 Å². The Hall–Kier alpha value is -2.10. The summed E-state index contributed by atoms with van der Waals surface area (Å²) in [6.45, 7) is 1.55. The molecule has 5 rings (SSSR count). The highest BCUT2D eigenvalue weighted by molar-refractivity contribution is 7.91. The SMILES string of the molecule is O=C(C1CCC1)N1CCc2sc(S(=O)(=O)NCc3ccc4c(c3)OCO4)cc2C1. The van der Waals surface area contributed by atoms with Crippen molar-refractivity contribution >= 4 is 27.3 Å². The van der Waals surface area contributed by atoms with E-state index in [1.807, 2.05) is 11.0 Å². The molecule has 0 saturated heterocycles. The van der Waals surface area contributed by atoms with Crippen molar-refractivity contribution in [3.05, 3.63) is 40.3 Å². The number of fused-ring (bicyclic) bond motifs is 2. The Morgan fingerprint density at radius 2 is 2.03 bits per heavy atom. The molecule has 1 N–H and O–H groups in total. The lowest BCUT2D eigenvalue weighted by molar-refractivity contribution is -0.139. The molecule has 7 nitrogen and oxygen atoms in total. The molecule has 0 bridgehead atoms. The van der Waals surface area contributed by atoms with E-state index in [-0.39, 0.29) is 25.2 Å². The van der Waals surface area contributed by atoms with E-state index in [0.717, 1.165) is 41.7 Å². The predicted molar refractivity (Wildman–Crippen MR) is 107 cm³/mol. The van der Waals surface area contributed by atoms with Gasteiger partial charge in [0.2, 0.25) is 22.7 Å². The van der Waals surface area contributed by atoms with Gasteiger partial charge in [0.1, 0.15) is 4.21 Å². The zero-order chi connectivity index (χ0) is 20.0. The van der Waals surface area contributed by atoms with Crippen LogP contribution in [-0.2, 0) is 34.3 Å². The number of benzene rings is 1. The smallest absolute Gasteiger partial charge is 0.250 e. The summed E-state index contributed by atoms with van der Waals surface area (Å²) in [6.07, 6.45) is 3.81.